The molecule has 0 saturated carbocycles. The number of carboxylic acid groups (broad SMARTS) is 1. The van der Waals surface area contributed by atoms with E-state index >= 15 is 0 Å². The molecule has 0 fully saturated rings. The van der Waals surface area contributed by atoms with Crippen LogP contribution >= 0.6 is 0 Å². The number of carbonyl (C=O) groups excluding carboxylic acids is 1. The van der Waals surface area contributed by atoms with Gasteiger partial charge in [0.2, 0.25) is 0 Å². The van der Waals surface area contributed by atoms with E-state index in [0.717, 1.165) is 0 Å². The van der Waals surface area contributed by atoms with E-state index in [1.165, 1.54) is 12.2 Å². The van der Waals surface area contributed by atoms with Gasteiger partial charge in [0.25, 0.3) is 5.91 Å². The summed E-state index contributed by atoms with van der Waals surface area (Å²) >= 11 is 0. The van der Waals surface area contributed by atoms with E-state index in [2.05, 4.69) is 0 Å². The maximum atomic E-state index is 12.6. The standard InChI is InChI=1S/C9H13F4NO3/c1-3-4(2)5(6(15)16)14-8(17)9(12,13)7(10)11/h4-5,7H,3H2,1-2H3,(H,14,17)(H,15,16)/t4?,5-/m0/s1. The van der Waals surface area contributed by atoms with Crippen LogP contribution in [0.2, 0.25) is 0 Å². The number of nitrogens with one attached hydrogen (secondary N) is 1. The van der Waals surface area contributed by atoms with Crippen LogP contribution in [0.4, 0.5) is 17.6 Å². The Balaban J connectivity index is 4.79. The highest BCUT2D eigenvalue weighted by Gasteiger charge is 2.50. The second-order valence-corrected chi connectivity index (χ2v) is 3.60. The zero-order chi connectivity index (χ0) is 13.8. The van der Waals surface area contributed by atoms with Crippen molar-refractivity contribution in [3.05, 3.63) is 0 Å². The second-order valence-electron chi connectivity index (χ2n) is 3.60. The predicted octanol–water partition coefficient (Wildman–Crippen LogP) is 1.50. The maximum absolute atomic E-state index is 12.6. The molecule has 0 aliphatic carbocycles. The van der Waals surface area contributed by atoms with Crippen molar-refractivity contribution in [1.29, 1.82) is 0 Å². The molecule has 0 spiro atoms. The Kier molecular flexibility index (Phi) is 5.37. The smallest absolute Gasteiger partial charge is 0.383 e. The third-order valence-electron chi connectivity index (χ3n) is 2.34. The number of carbonyl (C=O) groups is 2. The Bertz CT molecular complexity index is 296. The van der Waals surface area contributed by atoms with Crippen LogP contribution < -0.4 is 5.32 Å². The minimum absolute atomic E-state index is 0.289. The van der Waals surface area contributed by atoms with E-state index < -0.39 is 36.2 Å². The van der Waals surface area contributed by atoms with Gasteiger partial charge in [-0.05, 0) is 5.92 Å². The van der Waals surface area contributed by atoms with E-state index in [4.69, 9.17) is 5.11 Å². The van der Waals surface area contributed by atoms with Gasteiger partial charge in [-0.3, -0.25) is 4.79 Å². The molecule has 1 amide bonds. The first-order chi connectivity index (χ1) is 7.64. The van der Waals surface area contributed by atoms with Crippen LogP contribution in [0.3, 0.4) is 0 Å². The number of hydrogen-bond donors (Lipinski definition) is 2. The molecule has 0 saturated heterocycles. The van der Waals surface area contributed by atoms with Gasteiger partial charge in [0.1, 0.15) is 6.04 Å². The van der Waals surface area contributed by atoms with Crippen LogP contribution in [0, 0.1) is 5.92 Å². The summed E-state index contributed by atoms with van der Waals surface area (Å²) in [6.07, 6.45) is -3.88. The molecule has 1 unspecified atom stereocenters. The molecule has 2 atom stereocenters. The highest BCUT2D eigenvalue weighted by Crippen LogP contribution is 2.23. The molecule has 0 aliphatic rings. The number of carboxylic acids is 1. The monoisotopic (exact) mass is 259 g/mol. The molecule has 0 aromatic rings. The van der Waals surface area contributed by atoms with Gasteiger partial charge in [0, 0.05) is 0 Å². The number of rotatable bonds is 6. The summed E-state index contributed by atoms with van der Waals surface area (Å²) < 4.78 is 48.8. The summed E-state index contributed by atoms with van der Waals surface area (Å²) in [6, 6.07) is -1.61. The molecule has 2 N–H and O–H groups in total. The number of hydrogen-bond acceptors (Lipinski definition) is 2. The highest BCUT2D eigenvalue weighted by molar-refractivity contribution is 5.88. The fourth-order valence-electron chi connectivity index (χ4n) is 1.02. The third kappa shape index (κ3) is 3.86. The Morgan fingerprint density at radius 3 is 2.12 bits per heavy atom. The van der Waals surface area contributed by atoms with Gasteiger partial charge in [-0.1, -0.05) is 20.3 Å². The summed E-state index contributed by atoms with van der Waals surface area (Å²) in [4.78, 5) is 21.5. The summed E-state index contributed by atoms with van der Waals surface area (Å²) in [5.41, 5.74) is 0. The Labute approximate surface area is 95.0 Å². The molecule has 0 bridgehead atoms. The molecule has 17 heavy (non-hydrogen) atoms. The van der Waals surface area contributed by atoms with Gasteiger partial charge < -0.3 is 10.4 Å². The lowest BCUT2D eigenvalue weighted by atomic mass is 9.99. The van der Waals surface area contributed by atoms with Gasteiger partial charge in [0.05, 0.1) is 0 Å². The van der Waals surface area contributed by atoms with E-state index in [1.54, 1.807) is 6.92 Å². The first-order valence-electron chi connectivity index (χ1n) is 4.84. The molecule has 0 radical (unpaired) electrons. The molecule has 0 aromatic carbocycles. The minimum Gasteiger partial charge on any atom is -0.480 e. The molecule has 0 aliphatic heterocycles. The summed E-state index contributed by atoms with van der Waals surface area (Å²) in [6.45, 7) is 2.98. The van der Waals surface area contributed by atoms with Crippen LogP contribution in [-0.2, 0) is 9.59 Å². The first-order valence-corrected chi connectivity index (χ1v) is 4.84. The molecule has 100 valence electrons. The molecular formula is C9H13F4NO3. The van der Waals surface area contributed by atoms with Gasteiger partial charge in [-0.2, -0.15) is 8.78 Å². The Morgan fingerprint density at radius 1 is 1.35 bits per heavy atom. The SMILES string of the molecule is CCC(C)[C@H](NC(=O)C(F)(F)C(F)F)C(=O)O. The Hall–Kier alpha value is -1.34. The molecule has 0 heterocycles. The lowest BCUT2D eigenvalue weighted by Gasteiger charge is -2.22. The van der Waals surface area contributed by atoms with Crippen LogP contribution in [0.25, 0.3) is 0 Å². The average molecular weight is 259 g/mol. The summed E-state index contributed by atoms with van der Waals surface area (Å²) in [5.74, 6) is -9.36. The quantitative estimate of drug-likeness (QED) is 0.710. The normalized spacial score (nSPS) is 15.5. The molecule has 8 heteroatoms. The fraction of sp³-hybridized carbons (Fsp3) is 0.778. The number of amides is 1. The van der Waals surface area contributed by atoms with E-state index in [-0.39, 0.29) is 6.42 Å². The van der Waals surface area contributed by atoms with Crippen molar-refractivity contribution >= 4 is 11.9 Å². The summed E-state index contributed by atoms with van der Waals surface area (Å²) in [5, 5.41) is 10.1. The van der Waals surface area contributed by atoms with Gasteiger partial charge in [-0.15, -0.1) is 0 Å². The predicted molar refractivity (Wildman–Crippen MR) is 50.0 cm³/mol. The van der Waals surface area contributed by atoms with Crippen molar-refractivity contribution in [2.75, 3.05) is 0 Å². The topological polar surface area (TPSA) is 66.4 Å². The van der Waals surface area contributed by atoms with Gasteiger partial charge >= 0.3 is 18.3 Å². The number of alkyl halides is 4. The lowest BCUT2D eigenvalue weighted by molar-refractivity contribution is -0.172. The number of halogens is 4. The van der Waals surface area contributed by atoms with E-state index in [9.17, 15) is 27.2 Å². The highest BCUT2D eigenvalue weighted by atomic mass is 19.3. The fourth-order valence-corrected chi connectivity index (χ4v) is 1.02. The van der Waals surface area contributed by atoms with E-state index in [1.807, 2.05) is 0 Å². The van der Waals surface area contributed by atoms with Crippen molar-refractivity contribution in [3.63, 3.8) is 0 Å². The molecule has 0 aromatic heterocycles. The van der Waals surface area contributed by atoms with Crippen molar-refractivity contribution in [3.8, 4) is 0 Å². The largest absolute Gasteiger partial charge is 0.480 e. The molecule has 4 nitrogen and oxygen atoms in total. The zero-order valence-electron chi connectivity index (χ0n) is 9.21. The van der Waals surface area contributed by atoms with Crippen molar-refractivity contribution in [2.24, 2.45) is 5.92 Å². The Morgan fingerprint density at radius 2 is 1.82 bits per heavy atom. The van der Waals surface area contributed by atoms with E-state index in [0.29, 0.717) is 0 Å². The number of aliphatic carboxylic acids is 1. The van der Waals surface area contributed by atoms with Crippen molar-refractivity contribution in [1.82, 2.24) is 5.32 Å². The van der Waals surface area contributed by atoms with Crippen LogP contribution in [0.15, 0.2) is 0 Å². The first kappa shape index (κ1) is 15.7. The maximum Gasteiger partial charge on any atom is 0.383 e. The second kappa shape index (κ2) is 5.83. The van der Waals surface area contributed by atoms with Crippen molar-refractivity contribution < 1.29 is 32.3 Å². The van der Waals surface area contributed by atoms with Crippen LogP contribution in [0.1, 0.15) is 20.3 Å². The zero-order valence-corrected chi connectivity index (χ0v) is 9.21. The third-order valence-corrected chi connectivity index (χ3v) is 2.34. The van der Waals surface area contributed by atoms with Crippen LogP contribution in [0.5, 0.6) is 0 Å². The van der Waals surface area contributed by atoms with Gasteiger partial charge in [-0.25, -0.2) is 13.6 Å². The minimum atomic E-state index is -4.89. The molecular weight excluding hydrogens is 246 g/mol. The van der Waals surface area contributed by atoms with Gasteiger partial charge in [0.15, 0.2) is 0 Å². The average Bonchev–Trinajstić information content (AvgIpc) is 2.23. The van der Waals surface area contributed by atoms with Crippen LogP contribution in [-0.4, -0.2) is 35.4 Å². The lowest BCUT2D eigenvalue weighted by Crippen LogP contribution is -2.53. The summed E-state index contributed by atoms with van der Waals surface area (Å²) in [7, 11) is 0. The molecule has 0 rings (SSSR count). The van der Waals surface area contributed by atoms with Crippen molar-refractivity contribution in [2.45, 2.75) is 38.7 Å².